The van der Waals surface area contributed by atoms with Gasteiger partial charge in [-0.3, -0.25) is 5.01 Å². The van der Waals surface area contributed by atoms with E-state index in [2.05, 4.69) is 102 Å². The second-order valence-corrected chi connectivity index (χ2v) is 11.2. The van der Waals surface area contributed by atoms with Crippen LogP contribution >= 0.6 is 11.8 Å². The van der Waals surface area contributed by atoms with E-state index < -0.39 is 0 Å². The summed E-state index contributed by atoms with van der Waals surface area (Å²) < 4.78 is 0. The third-order valence-corrected chi connectivity index (χ3v) is 8.58. The maximum atomic E-state index is 5.32. The van der Waals surface area contributed by atoms with E-state index in [-0.39, 0.29) is 0 Å². The lowest BCUT2D eigenvalue weighted by Gasteiger charge is -2.33. The lowest BCUT2D eigenvalue weighted by molar-refractivity contribution is 0.139. The Kier molecular flexibility index (Phi) is 7.43. The van der Waals surface area contributed by atoms with Crippen molar-refractivity contribution < 1.29 is 0 Å². The van der Waals surface area contributed by atoms with Crippen molar-refractivity contribution in [1.29, 1.82) is 0 Å². The molecule has 3 aliphatic rings. The topological polar surface area (TPSA) is 22.1 Å². The van der Waals surface area contributed by atoms with Gasteiger partial charge in [0.1, 0.15) is 0 Å². The van der Waals surface area contributed by atoms with Crippen LogP contribution in [0.1, 0.15) is 34.7 Å². The van der Waals surface area contributed by atoms with Gasteiger partial charge in [-0.15, -0.1) is 0 Å². The monoisotopic (exact) mass is 474 g/mol. The molecule has 0 bridgehead atoms. The summed E-state index contributed by atoms with van der Waals surface area (Å²) in [4.78, 5) is 5.05. The van der Waals surface area contributed by atoms with Gasteiger partial charge in [0.05, 0.1) is 11.8 Å². The molecular weight excluding hydrogens is 436 g/mol. The van der Waals surface area contributed by atoms with Crippen LogP contribution < -0.4 is 0 Å². The molecule has 5 heteroatoms. The van der Waals surface area contributed by atoms with E-state index in [1.165, 1.54) is 72.7 Å². The SMILES string of the molecule is Cc1ccc(C=C2CSCC3C2=NN(CCCN2CCN(C)CC2)C3c2ccc(C)cc2)cc1. The molecule has 180 valence electrons. The predicted octanol–water partition coefficient (Wildman–Crippen LogP) is 5.10. The zero-order valence-electron chi connectivity index (χ0n) is 20.9. The highest BCUT2D eigenvalue weighted by Gasteiger charge is 2.41. The van der Waals surface area contributed by atoms with Crippen LogP contribution in [0.2, 0.25) is 0 Å². The first-order valence-corrected chi connectivity index (χ1v) is 13.9. The molecule has 0 aromatic heterocycles. The summed E-state index contributed by atoms with van der Waals surface area (Å²) in [6, 6.07) is 18.4. The fourth-order valence-electron chi connectivity index (χ4n) is 5.34. The molecule has 3 heterocycles. The number of thioether (sulfide) groups is 1. The van der Waals surface area contributed by atoms with Gasteiger partial charge in [0.15, 0.2) is 0 Å². The molecule has 0 radical (unpaired) electrons. The van der Waals surface area contributed by atoms with Crippen LogP contribution in [-0.2, 0) is 0 Å². The molecule has 0 N–H and O–H groups in total. The Labute approximate surface area is 209 Å². The number of rotatable bonds is 6. The molecule has 2 aromatic carbocycles. The Morgan fingerprint density at radius 3 is 2.29 bits per heavy atom. The summed E-state index contributed by atoms with van der Waals surface area (Å²) >= 11 is 2.06. The number of nitrogens with zero attached hydrogens (tertiary/aromatic N) is 4. The van der Waals surface area contributed by atoms with Crippen LogP contribution in [0.5, 0.6) is 0 Å². The van der Waals surface area contributed by atoms with Gasteiger partial charge in [-0.1, -0.05) is 59.7 Å². The fraction of sp³-hybridized carbons (Fsp3) is 0.483. The summed E-state index contributed by atoms with van der Waals surface area (Å²) in [6.45, 7) is 11.3. The summed E-state index contributed by atoms with van der Waals surface area (Å²) in [5, 5.41) is 7.75. The normalized spacial score (nSPS) is 25.0. The van der Waals surface area contributed by atoms with Crippen molar-refractivity contribution in [1.82, 2.24) is 14.8 Å². The van der Waals surface area contributed by atoms with Crippen molar-refractivity contribution in [3.8, 4) is 0 Å². The largest absolute Gasteiger partial charge is 0.304 e. The number of fused-ring (bicyclic) bond motifs is 1. The number of likely N-dealkylation sites (N-methyl/N-ethyl adjacent to an activating group) is 1. The van der Waals surface area contributed by atoms with E-state index in [1.807, 2.05) is 0 Å². The Bertz CT molecular complexity index is 1020. The van der Waals surface area contributed by atoms with Gasteiger partial charge in [0, 0.05) is 50.1 Å². The van der Waals surface area contributed by atoms with Gasteiger partial charge >= 0.3 is 0 Å². The van der Waals surface area contributed by atoms with Crippen molar-refractivity contribution >= 4 is 23.5 Å². The lowest BCUT2D eigenvalue weighted by atomic mass is 9.87. The molecule has 0 saturated carbocycles. The maximum absolute atomic E-state index is 5.32. The van der Waals surface area contributed by atoms with Crippen molar-refractivity contribution in [3.05, 3.63) is 76.4 Å². The molecule has 0 amide bonds. The zero-order chi connectivity index (χ0) is 23.5. The highest BCUT2D eigenvalue weighted by Crippen LogP contribution is 2.43. The minimum atomic E-state index is 0.345. The van der Waals surface area contributed by atoms with E-state index >= 15 is 0 Å². The van der Waals surface area contributed by atoms with E-state index in [4.69, 9.17) is 5.10 Å². The number of piperazine rings is 1. The smallest absolute Gasteiger partial charge is 0.0812 e. The van der Waals surface area contributed by atoms with Gasteiger partial charge in [0.2, 0.25) is 0 Å². The molecule has 4 nitrogen and oxygen atoms in total. The number of hydrogen-bond acceptors (Lipinski definition) is 5. The van der Waals surface area contributed by atoms with E-state index in [0.29, 0.717) is 12.0 Å². The van der Waals surface area contributed by atoms with Crippen molar-refractivity contribution in [2.75, 3.05) is 57.8 Å². The van der Waals surface area contributed by atoms with E-state index in [1.54, 1.807) is 0 Å². The first-order chi connectivity index (χ1) is 16.6. The van der Waals surface area contributed by atoms with Crippen LogP contribution in [0.25, 0.3) is 6.08 Å². The molecule has 2 atom stereocenters. The minimum absolute atomic E-state index is 0.345. The average molecular weight is 475 g/mol. The summed E-state index contributed by atoms with van der Waals surface area (Å²) in [5.74, 6) is 2.66. The first kappa shape index (κ1) is 23.7. The number of hydrogen-bond donors (Lipinski definition) is 0. The molecule has 0 aliphatic carbocycles. The Balaban J connectivity index is 1.36. The molecule has 2 aromatic rings. The maximum Gasteiger partial charge on any atom is 0.0812 e. The number of aryl methyl sites for hydroxylation is 2. The summed E-state index contributed by atoms with van der Waals surface area (Å²) in [5.41, 5.74) is 8.05. The summed E-state index contributed by atoms with van der Waals surface area (Å²) in [6.07, 6.45) is 3.54. The lowest BCUT2D eigenvalue weighted by Crippen LogP contribution is -2.45. The Morgan fingerprint density at radius 1 is 0.912 bits per heavy atom. The van der Waals surface area contributed by atoms with Gasteiger partial charge in [-0.05, 0) is 56.6 Å². The van der Waals surface area contributed by atoms with Crippen LogP contribution in [0.4, 0.5) is 0 Å². The fourth-order valence-corrected chi connectivity index (χ4v) is 6.50. The standard InChI is InChI=1S/C29H38N4S/c1-22-5-9-24(10-6-22)19-26-20-34-21-27-28(26)30-33(29(27)25-11-7-23(2)8-12-25)14-4-13-32-17-15-31(3)16-18-32/h5-12,19,27,29H,4,13-18,20-21H2,1-3H3. The predicted molar refractivity (Wildman–Crippen MR) is 147 cm³/mol. The number of benzene rings is 2. The van der Waals surface area contributed by atoms with Crippen LogP contribution in [0, 0.1) is 19.8 Å². The molecule has 34 heavy (non-hydrogen) atoms. The number of hydrazone groups is 1. The quantitative estimate of drug-likeness (QED) is 0.581. The van der Waals surface area contributed by atoms with Crippen molar-refractivity contribution in [2.24, 2.45) is 11.0 Å². The van der Waals surface area contributed by atoms with Gasteiger partial charge in [-0.2, -0.15) is 16.9 Å². The second-order valence-electron chi connectivity index (χ2n) is 10.2. The molecular formula is C29H38N4S. The van der Waals surface area contributed by atoms with Crippen LogP contribution in [0.15, 0.2) is 59.2 Å². The highest BCUT2D eigenvalue weighted by atomic mass is 32.2. The Hall–Kier alpha value is -2.08. The van der Waals surface area contributed by atoms with Gasteiger partial charge in [-0.25, -0.2) is 0 Å². The van der Waals surface area contributed by atoms with Gasteiger partial charge in [0.25, 0.3) is 0 Å². The second kappa shape index (κ2) is 10.7. The molecule has 2 unspecified atom stereocenters. The minimum Gasteiger partial charge on any atom is -0.304 e. The van der Waals surface area contributed by atoms with E-state index in [9.17, 15) is 0 Å². The molecule has 2 fully saturated rings. The van der Waals surface area contributed by atoms with Gasteiger partial charge < -0.3 is 9.80 Å². The van der Waals surface area contributed by atoms with Crippen molar-refractivity contribution in [2.45, 2.75) is 26.3 Å². The first-order valence-electron chi connectivity index (χ1n) is 12.7. The average Bonchev–Trinajstić information content (AvgIpc) is 3.22. The van der Waals surface area contributed by atoms with Crippen molar-refractivity contribution in [3.63, 3.8) is 0 Å². The van der Waals surface area contributed by atoms with E-state index in [0.717, 1.165) is 18.1 Å². The molecule has 0 spiro atoms. The third-order valence-electron chi connectivity index (χ3n) is 7.47. The van der Waals surface area contributed by atoms with Crippen LogP contribution in [-0.4, -0.2) is 78.3 Å². The highest BCUT2D eigenvalue weighted by molar-refractivity contribution is 7.99. The third kappa shape index (κ3) is 5.42. The Morgan fingerprint density at radius 2 is 1.59 bits per heavy atom. The molecule has 2 saturated heterocycles. The van der Waals surface area contributed by atoms with Crippen LogP contribution in [0.3, 0.4) is 0 Å². The summed E-state index contributed by atoms with van der Waals surface area (Å²) in [7, 11) is 2.23. The molecule has 3 aliphatic heterocycles. The molecule has 5 rings (SSSR count). The zero-order valence-corrected chi connectivity index (χ0v) is 21.7.